The van der Waals surface area contributed by atoms with Crippen molar-refractivity contribution in [3.05, 3.63) is 35.9 Å². The summed E-state index contributed by atoms with van der Waals surface area (Å²) in [5.74, 6) is 0. The van der Waals surface area contributed by atoms with Crippen LogP contribution in [0.4, 0.5) is 0 Å². The van der Waals surface area contributed by atoms with Crippen LogP contribution >= 0.6 is 0 Å². The number of hydrogen-bond donors (Lipinski definition) is 2. The third-order valence-corrected chi connectivity index (χ3v) is 3.13. The molecule has 0 heterocycles. The molecule has 0 fully saturated rings. The molecule has 0 bridgehead atoms. The lowest BCUT2D eigenvalue weighted by Crippen LogP contribution is -2.34. The topological polar surface area (TPSA) is 56.0 Å². The van der Waals surface area contributed by atoms with Gasteiger partial charge in [0.05, 0.1) is 18.7 Å². The zero-order valence-corrected chi connectivity index (χ0v) is 11.2. The van der Waals surface area contributed by atoms with Gasteiger partial charge in [-0.15, -0.1) is 0 Å². The maximum absolute atomic E-state index is 9.44. The first-order valence-electron chi connectivity index (χ1n) is 6.35. The van der Waals surface area contributed by atoms with Crippen molar-refractivity contribution in [2.75, 3.05) is 13.2 Å². The highest BCUT2D eigenvalue weighted by Crippen LogP contribution is 2.22. The fourth-order valence-corrected chi connectivity index (χ4v) is 1.86. The smallest absolute Gasteiger partial charge is 0.0626 e. The average molecular weight is 246 g/mol. The van der Waals surface area contributed by atoms with E-state index in [1.54, 1.807) is 0 Å². The molecule has 3 heteroatoms. The normalized spacial score (nSPS) is 13.0. The Balaban J connectivity index is 2.53. The van der Waals surface area contributed by atoms with Crippen LogP contribution in [0.2, 0.25) is 0 Å². The predicted molar refractivity (Wildman–Crippen MR) is 72.9 cm³/mol. The highest BCUT2D eigenvalue weighted by atomic mass is 16.3. The Morgan fingerprint density at radius 1 is 1.33 bits per heavy atom. The highest BCUT2D eigenvalue weighted by molar-refractivity contribution is 5.18. The minimum Gasteiger partial charge on any atom is -0.394 e. The number of aliphatic hydroxyl groups is 1. The Morgan fingerprint density at radius 3 is 2.56 bits per heavy atom. The molecule has 98 valence electrons. The van der Waals surface area contributed by atoms with Gasteiger partial charge in [-0.3, -0.25) is 0 Å². The Hall–Kier alpha value is -1.37. The molecule has 1 rings (SSSR count). The summed E-state index contributed by atoms with van der Waals surface area (Å²) in [6.45, 7) is 5.14. The third kappa shape index (κ3) is 4.87. The van der Waals surface area contributed by atoms with Gasteiger partial charge in [0, 0.05) is 13.0 Å². The van der Waals surface area contributed by atoms with E-state index in [1.165, 1.54) is 0 Å². The molecular formula is C15H22N2O. The summed E-state index contributed by atoms with van der Waals surface area (Å²) >= 11 is 0. The minimum atomic E-state index is -0.0347. The van der Waals surface area contributed by atoms with Crippen LogP contribution in [0.3, 0.4) is 0 Å². The number of nitrogens with zero attached hydrogens (tertiary/aromatic N) is 1. The van der Waals surface area contributed by atoms with Gasteiger partial charge in [-0.25, -0.2) is 0 Å². The molecular weight excluding hydrogens is 224 g/mol. The van der Waals surface area contributed by atoms with E-state index in [4.69, 9.17) is 5.26 Å². The molecule has 0 aromatic heterocycles. The van der Waals surface area contributed by atoms with Gasteiger partial charge >= 0.3 is 0 Å². The molecule has 3 nitrogen and oxygen atoms in total. The standard InChI is InChI=1S/C15H22N2O/c1-15(2,9-6-10-16)12-17-14(11-18)13-7-4-3-5-8-13/h3-5,7-8,14,17-18H,6,9,11-12H2,1-2H3/t14-/m0/s1. The highest BCUT2D eigenvalue weighted by Gasteiger charge is 2.19. The predicted octanol–water partition coefficient (Wildman–Crippen LogP) is 2.64. The number of benzene rings is 1. The van der Waals surface area contributed by atoms with Crippen molar-refractivity contribution in [2.24, 2.45) is 5.41 Å². The molecule has 0 aliphatic carbocycles. The van der Waals surface area contributed by atoms with Gasteiger partial charge in [0.15, 0.2) is 0 Å². The zero-order chi connectivity index (χ0) is 13.4. The van der Waals surface area contributed by atoms with Crippen LogP contribution in [0.15, 0.2) is 30.3 Å². The van der Waals surface area contributed by atoms with Crippen molar-refractivity contribution in [1.29, 1.82) is 5.26 Å². The number of hydrogen-bond acceptors (Lipinski definition) is 3. The summed E-state index contributed by atoms with van der Waals surface area (Å²) in [6.07, 6.45) is 1.44. The molecule has 0 amide bonds. The maximum atomic E-state index is 9.44. The first kappa shape index (κ1) is 14.7. The van der Waals surface area contributed by atoms with Crippen molar-refractivity contribution in [1.82, 2.24) is 5.32 Å². The molecule has 1 aromatic rings. The Kier molecular flexibility index (Phi) is 5.84. The second-order valence-corrected chi connectivity index (χ2v) is 5.35. The van der Waals surface area contributed by atoms with Gasteiger partial charge in [-0.05, 0) is 17.4 Å². The van der Waals surface area contributed by atoms with E-state index in [-0.39, 0.29) is 18.1 Å². The molecule has 18 heavy (non-hydrogen) atoms. The minimum absolute atomic E-state index is 0.0347. The van der Waals surface area contributed by atoms with Crippen molar-refractivity contribution >= 4 is 0 Å². The first-order valence-corrected chi connectivity index (χ1v) is 6.35. The van der Waals surface area contributed by atoms with E-state index in [0.717, 1.165) is 18.5 Å². The number of nitriles is 1. The van der Waals surface area contributed by atoms with Crippen molar-refractivity contribution < 1.29 is 5.11 Å². The zero-order valence-electron chi connectivity index (χ0n) is 11.2. The van der Waals surface area contributed by atoms with E-state index < -0.39 is 0 Å². The lowest BCUT2D eigenvalue weighted by Gasteiger charge is -2.27. The molecule has 0 spiro atoms. The van der Waals surface area contributed by atoms with Gasteiger partial charge in [-0.1, -0.05) is 44.2 Å². The second-order valence-electron chi connectivity index (χ2n) is 5.35. The molecule has 0 aliphatic rings. The fraction of sp³-hybridized carbons (Fsp3) is 0.533. The second kappa shape index (κ2) is 7.15. The number of aliphatic hydroxyl groups excluding tert-OH is 1. The van der Waals surface area contributed by atoms with Crippen LogP contribution in [0.1, 0.15) is 38.3 Å². The number of nitrogens with one attached hydrogen (secondary N) is 1. The fourth-order valence-electron chi connectivity index (χ4n) is 1.86. The van der Waals surface area contributed by atoms with Crippen LogP contribution in [-0.4, -0.2) is 18.3 Å². The van der Waals surface area contributed by atoms with Crippen molar-refractivity contribution in [3.63, 3.8) is 0 Å². The lowest BCUT2D eigenvalue weighted by molar-refractivity contribution is 0.221. The molecule has 0 radical (unpaired) electrons. The Morgan fingerprint density at radius 2 is 2.00 bits per heavy atom. The summed E-state index contributed by atoms with van der Waals surface area (Å²) in [5.41, 5.74) is 1.16. The largest absolute Gasteiger partial charge is 0.394 e. The maximum Gasteiger partial charge on any atom is 0.0626 e. The Labute approximate surface area is 109 Å². The summed E-state index contributed by atoms with van der Waals surface area (Å²) in [7, 11) is 0. The molecule has 1 atom stereocenters. The quantitative estimate of drug-likeness (QED) is 0.777. The van der Waals surface area contributed by atoms with Gasteiger partial charge in [0.2, 0.25) is 0 Å². The summed E-state index contributed by atoms with van der Waals surface area (Å²) in [4.78, 5) is 0. The van der Waals surface area contributed by atoms with E-state index in [0.29, 0.717) is 6.42 Å². The number of rotatable bonds is 7. The van der Waals surface area contributed by atoms with Crippen LogP contribution in [-0.2, 0) is 0 Å². The average Bonchev–Trinajstić information content (AvgIpc) is 2.38. The van der Waals surface area contributed by atoms with E-state index >= 15 is 0 Å². The van der Waals surface area contributed by atoms with E-state index in [9.17, 15) is 5.11 Å². The van der Waals surface area contributed by atoms with Crippen LogP contribution in [0.25, 0.3) is 0 Å². The van der Waals surface area contributed by atoms with Gasteiger partial charge in [0.1, 0.15) is 0 Å². The third-order valence-electron chi connectivity index (χ3n) is 3.13. The van der Waals surface area contributed by atoms with Crippen molar-refractivity contribution in [2.45, 2.75) is 32.7 Å². The first-order chi connectivity index (χ1) is 8.59. The van der Waals surface area contributed by atoms with Crippen molar-refractivity contribution in [3.8, 4) is 6.07 Å². The van der Waals surface area contributed by atoms with Crippen LogP contribution in [0.5, 0.6) is 0 Å². The summed E-state index contributed by atoms with van der Waals surface area (Å²) < 4.78 is 0. The Bertz CT molecular complexity index is 381. The SMILES string of the molecule is CC(C)(CCC#N)CN[C@@H](CO)c1ccccc1. The molecule has 0 saturated heterocycles. The van der Waals surface area contributed by atoms with Crippen LogP contribution < -0.4 is 5.32 Å². The molecule has 0 unspecified atom stereocenters. The summed E-state index contributed by atoms with van der Waals surface area (Å²) in [6, 6.07) is 12.1. The molecule has 0 aliphatic heterocycles. The van der Waals surface area contributed by atoms with Gasteiger partial charge in [-0.2, -0.15) is 5.26 Å². The van der Waals surface area contributed by atoms with E-state index in [1.807, 2.05) is 30.3 Å². The van der Waals surface area contributed by atoms with Crippen LogP contribution in [0, 0.1) is 16.7 Å². The van der Waals surface area contributed by atoms with E-state index in [2.05, 4.69) is 25.2 Å². The monoisotopic (exact) mass is 246 g/mol. The van der Waals surface area contributed by atoms with Gasteiger partial charge < -0.3 is 10.4 Å². The summed E-state index contributed by atoms with van der Waals surface area (Å²) in [5, 5.41) is 21.4. The molecule has 1 aromatic carbocycles. The molecule has 2 N–H and O–H groups in total. The molecule has 0 saturated carbocycles. The lowest BCUT2D eigenvalue weighted by atomic mass is 9.87. The van der Waals surface area contributed by atoms with Gasteiger partial charge in [0.25, 0.3) is 0 Å².